The first-order valence-corrected chi connectivity index (χ1v) is 8.47. The summed E-state index contributed by atoms with van der Waals surface area (Å²) in [4.78, 5) is 15.5. The monoisotopic (exact) mass is 386 g/mol. The van der Waals surface area contributed by atoms with Gasteiger partial charge in [0.15, 0.2) is 0 Å². The van der Waals surface area contributed by atoms with E-state index in [2.05, 4.69) is 32.2 Å². The Labute approximate surface area is 142 Å². The maximum Gasteiger partial charge on any atom is 0.251 e. The third-order valence-electron chi connectivity index (χ3n) is 3.13. The number of hydrogen-bond acceptors (Lipinski definition) is 3. The van der Waals surface area contributed by atoms with Gasteiger partial charge in [-0.05, 0) is 59.7 Å². The molecule has 0 saturated heterocycles. The van der Waals surface area contributed by atoms with Crippen LogP contribution < -0.4 is 5.32 Å². The van der Waals surface area contributed by atoms with Crippen molar-refractivity contribution >= 4 is 44.8 Å². The number of halogens is 2. The molecule has 1 N–H and O–H groups in total. The molecule has 1 aromatic carbocycles. The van der Waals surface area contributed by atoms with Crippen LogP contribution in [0.3, 0.4) is 0 Å². The lowest BCUT2D eigenvalue weighted by molar-refractivity contribution is 0.0942. The van der Waals surface area contributed by atoms with Crippen LogP contribution in [0.15, 0.2) is 40.2 Å². The van der Waals surface area contributed by atoms with E-state index >= 15 is 0 Å². The fraction of sp³-hybridized carbons (Fsp3) is 0.267. The molecule has 1 unspecified atom stereocenters. The molecule has 0 spiro atoms. The highest BCUT2D eigenvalue weighted by Crippen LogP contribution is 2.24. The molecule has 6 heteroatoms. The molecular weight excluding hydrogens is 372 g/mol. The second-order valence-corrected chi connectivity index (χ2v) is 7.07. The summed E-state index contributed by atoms with van der Waals surface area (Å²) in [6, 6.07) is 9.44. The number of hydrogen-bond donors (Lipinski definition) is 1. The van der Waals surface area contributed by atoms with Crippen LogP contribution in [0.4, 0.5) is 0 Å². The van der Waals surface area contributed by atoms with Crippen LogP contribution in [0.25, 0.3) is 0 Å². The van der Waals surface area contributed by atoms with E-state index in [1.54, 1.807) is 29.5 Å². The van der Waals surface area contributed by atoms with Gasteiger partial charge in [0.2, 0.25) is 0 Å². The Morgan fingerprint density at radius 1 is 1.43 bits per heavy atom. The van der Waals surface area contributed by atoms with Crippen molar-refractivity contribution in [2.75, 3.05) is 20.6 Å². The predicted octanol–water partition coefficient (Wildman–Crippen LogP) is 4.20. The fourth-order valence-corrected chi connectivity index (χ4v) is 3.37. The van der Waals surface area contributed by atoms with Gasteiger partial charge in [0, 0.05) is 21.5 Å². The number of amides is 1. The van der Waals surface area contributed by atoms with Gasteiger partial charge in [-0.1, -0.05) is 17.7 Å². The van der Waals surface area contributed by atoms with E-state index in [1.165, 1.54) is 4.88 Å². The maximum atomic E-state index is 12.2. The van der Waals surface area contributed by atoms with Gasteiger partial charge in [-0.25, -0.2) is 0 Å². The topological polar surface area (TPSA) is 32.3 Å². The molecule has 0 radical (unpaired) electrons. The molecule has 0 bridgehead atoms. The summed E-state index contributed by atoms with van der Waals surface area (Å²) < 4.78 is 0.722. The number of likely N-dealkylation sites (N-methyl/N-ethyl adjacent to an activating group) is 1. The summed E-state index contributed by atoms with van der Waals surface area (Å²) in [5.74, 6) is -0.101. The lowest BCUT2D eigenvalue weighted by Gasteiger charge is -2.23. The summed E-state index contributed by atoms with van der Waals surface area (Å²) in [6.07, 6.45) is 0. The van der Waals surface area contributed by atoms with E-state index < -0.39 is 0 Å². The van der Waals surface area contributed by atoms with Crippen LogP contribution in [0.1, 0.15) is 21.3 Å². The SMILES string of the molecule is CN(C)C(CNC(=O)c1ccc(Cl)c(Br)c1)c1cccs1. The quantitative estimate of drug-likeness (QED) is 0.834. The van der Waals surface area contributed by atoms with E-state index in [0.717, 1.165) is 4.47 Å². The summed E-state index contributed by atoms with van der Waals surface area (Å²) in [5.41, 5.74) is 0.593. The van der Waals surface area contributed by atoms with Crippen LogP contribution in [0, 0.1) is 0 Å². The van der Waals surface area contributed by atoms with Crippen molar-refractivity contribution in [1.82, 2.24) is 10.2 Å². The molecule has 0 aliphatic rings. The molecule has 2 rings (SSSR count). The Bertz CT molecular complexity index is 616. The molecular formula is C15H16BrClN2OS. The van der Waals surface area contributed by atoms with Crippen molar-refractivity contribution in [3.05, 3.63) is 55.6 Å². The molecule has 1 heterocycles. The first-order valence-electron chi connectivity index (χ1n) is 6.42. The zero-order valence-electron chi connectivity index (χ0n) is 11.8. The number of rotatable bonds is 5. The number of nitrogens with zero attached hydrogens (tertiary/aromatic N) is 1. The lowest BCUT2D eigenvalue weighted by Crippen LogP contribution is -2.34. The molecule has 1 amide bonds. The minimum atomic E-state index is -0.101. The Morgan fingerprint density at radius 2 is 2.19 bits per heavy atom. The van der Waals surface area contributed by atoms with Gasteiger partial charge in [0.25, 0.3) is 5.91 Å². The molecule has 1 atom stereocenters. The number of nitrogens with one attached hydrogen (secondary N) is 1. The largest absolute Gasteiger partial charge is 0.350 e. The zero-order valence-corrected chi connectivity index (χ0v) is 14.9. The van der Waals surface area contributed by atoms with Gasteiger partial charge in [0.1, 0.15) is 0 Å². The van der Waals surface area contributed by atoms with Gasteiger partial charge in [-0.15, -0.1) is 11.3 Å². The predicted molar refractivity (Wildman–Crippen MR) is 92.2 cm³/mol. The van der Waals surface area contributed by atoms with E-state index in [9.17, 15) is 4.79 Å². The highest BCUT2D eigenvalue weighted by Gasteiger charge is 2.17. The van der Waals surface area contributed by atoms with Crippen molar-refractivity contribution < 1.29 is 4.79 Å². The van der Waals surface area contributed by atoms with Gasteiger partial charge < -0.3 is 10.2 Å². The Balaban J connectivity index is 2.03. The fourth-order valence-electron chi connectivity index (χ4n) is 1.95. The Kier molecular flexibility index (Phi) is 5.81. The molecule has 1 aromatic heterocycles. The summed E-state index contributed by atoms with van der Waals surface area (Å²) in [6.45, 7) is 0.562. The standard InChI is InChI=1S/C15H16BrClN2OS/c1-19(2)13(14-4-3-7-21-14)9-18-15(20)10-5-6-12(17)11(16)8-10/h3-8,13H,9H2,1-2H3,(H,18,20). The second kappa shape index (κ2) is 7.40. The minimum Gasteiger partial charge on any atom is -0.350 e. The Morgan fingerprint density at radius 3 is 2.76 bits per heavy atom. The smallest absolute Gasteiger partial charge is 0.251 e. The molecule has 0 aliphatic heterocycles. The molecule has 0 aliphatic carbocycles. The zero-order chi connectivity index (χ0) is 15.4. The first kappa shape index (κ1) is 16.5. The number of carbonyl (C=O) groups is 1. The van der Waals surface area contributed by atoms with Crippen LogP contribution in [-0.2, 0) is 0 Å². The minimum absolute atomic E-state index is 0.101. The molecule has 2 aromatic rings. The van der Waals surface area contributed by atoms with E-state index in [-0.39, 0.29) is 11.9 Å². The maximum absolute atomic E-state index is 12.2. The average molecular weight is 388 g/mol. The van der Waals surface area contributed by atoms with E-state index in [1.807, 2.05) is 25.5 Å². The molecule has 0 saturated carbocycles. The summed E-state index contributed by atoms with van der Waals surface area (Å²) in [5, 5.41) is 5.62. The van der Waals surface area contributed by atoms with Crippen molar-refractivity contribution in [2.45, 2.75) is 6.04 Å². The third kappa shape index (κ3) is 4.30. The van der Waals surface area contributed by atoms with Crippen LogP contribution in [0.2, 0.25) is 5.02 Å². The third-order valence-corrected chi connectivity index (χ3v) is 5.32. The van der Waals surface area contributed by atoms with Crippen molar-refractivity contribution in [3.8, 4) is 0 Å². The van der Waals surface area contributed by atoms with Crippen molar-refractivity contribution in [3.63, 3.8) is 0 Å². The highest BCUT2D eigenvalue weighted by molar-refractivity contribution is 9.10. The lowest BCUT2D eigenvalue weighted by atomic mass is 10.2. The normalized spacial score (nSPS) is 12.4. The van der Waals surface area contributed by atoms with Crippen LogP contribution >= 0.6 is 38.9 Å². The Hall–Kier alpha value is -0.880. The second-order valence-electron chi connectivity index (χ2n) is 4.83. The van der Waals surface area contributed by atoms with E-state index in [4.69, 9.17) is 11.6 Å². The van der Waals surface area contributed by atoms with Crippen molar-refractivity contribution in [1.29, 1.82) is 0 Å². The van der Waals surface area contributed by atoms with Gasteiger partial charge in [-0.2, -0.15) is 0 Å². The molecule has 112 valence electrons. The number of carbonyl (C=O) groups excluding carboxylic acids is 1. The van der Waals surface area contributed by atoms with E-state index in [0.29, 0.717) is 17.1 Å². The molecule has 0 fully saturated rings. The first-order chi connectivity index (χ1) is 9.99. The number of benzene rings is 1. The van der Waals surface area contributed by atoms with Crippen molar-refractivity contribution in [2.24, 2.45) is 0 Å². The summed E-state index contributed by atoms with van der Waals surface area (Å²) in [7, 11) is 4.02. The van der Waals surface area contributed by atoms with Crippen LogP contribution in [-0.4, -0.2) is 31.4 Å². The van der Waals surface area contributed by atoms with Gasteiger partial charge >= 0.3 is 0 Å². The molecule has 3 nitrogen and oxygen atoms in total. The van der Waals surface area contributed by atoms with Gasteiger partial charge in [0.05, 0.1) is 11.1 Å². The average Bonchev–Trinajstić information content (AvgIpc) is 2.95. The summed E-state index contributed by atoms with van der Waals surface area (Å²) >= 11 is 11.0. The van der Waals surface area contributed by atoms with Gasteiger partial charge in [-0.3, -0.25) is 4.79 Å². The molecule has 21 heavy (non-hydrogen) atoms. The highest BCUT2D eigenvalue weighted by atomic mass is 79.9. The van der Waals surface area contributed by atoms with Crippen LogP contribution in [0.5, 0.6) is 0 Å². The number of thiophene rings is 1.